The van der Waals surface area contributed by atoms with Crippen LogP contribution in [-0.2, 0) is 10.2 Å². The van der Waals surface area contributed by atoms with Crippen molar-refractivity contribution < 1.29 is 14.3 Å². The van der Waals surface area contributed by atoms with E-state index in [0.29, 0.717) is 19.6 Å². The van der Waals surface area contributed by atoms with E-state index in [4.69, 9.17) is 4.74 Å². The SMILES string of the molecule is COc1ccc(C2(CNC(=O)C3CCCN(C(=O)Nc4ccccc4)C3)CCCCC2)cc1. The lowest BCUT2D eigenvalue weighted by molar-refractivity contribution is -0.126. The molecule has 2 N–H and O–H groups in total. The number of hydrogen-bond acceptors (Lipinski definition) is 3. The van der Waals surface area contributed by atoms with Crippen LogP contribution in [0.2, 0.25) is 0 Å². The third-order valence-electron chi connectivity index (χ3n) is 7.22. The molecule has 1 unspecified atom stereocenters. The van der Waals surface area contributed by atoms with Gasteiger partial charge in [0.05, 0.1) is 13.0 Å². The third-order valence-corrected chi connectivity index (χ3v) is 7.22. The molecule has 1 aliphatic carbocycles. The van der Waals surface area contributed by atoms with Crippen molar-refractivity contribution in [2.75, 3.05) is 32.1 Å². The molecule has 1 aliphatic heterocycles. The molecule has 2 aromatic carbocycles. The van der Waals surface area contributed by atoms with Gasteiger partial charge in [0, 0.05) is 30.7 Å². The van der Waals surface area contributed by atoms with Gasteiger partial charge in [-0.1, -0.05) is 49.6 Å². The van der Waals surface area contributed by atoms with E-state index in [9.17, 15) is 9.59 Å². The molecule has 1 saturated heterocycles. The van der Waals surface area contributed by atoms with Crippen molar-refractivity contribution in [3.63, 3.8) is 0 Å². The van der Waals surface area contributed by atoms with Gasteiger partial charge in [-0.2, -0.15) is 0 Å². The minimum Gasteiger partial charge on any atom is -0.497 e. The minimum atomic E-state index is -0.170. The van der Waals surface area contributed by atoms with Gasteiger partial charge in [-0.3, -0.25) is 4.79 Å². The first-order valence-corrected chi connectivity index (χ1v) is 12.1. The fraction of sp³-hybridized carbons (Fsp3) is 0.481. The fourth-order valence-corrected chi connectivity index (χ4v) is 5.24. The monoisotopic (exact) mass is 449 g/mol. The number of ether oxygens (including phenoxy) is 1. The lowest BCUT2D eigenvalue weighted by Gasteiger charge is -2.39. The van der Waals surface area contributed by atoms with Crippen LogP contribution in [0.25, 0.3) is 0 Å². The zero-order valence-electron chi connectivity index (χ0n) is 19.5. The van der Waals surface area contributed by atoms with E-state index in [2.05, 4.69) is 22.8 Å². The highest BCUT2D eigenvalue weighted by molar-refractivity contribution is 5.90. The predicted molar refractivity (Wildman–Crippen MR) is 131 cm³/mol. The van der Waals surface area contributed by atoms with Gasteiger partial charge in [0.1, 0.15) is 5.75 Å². The van der Waals surface area contributed by atoms with Gasteiger partial charge in [0.2, 0.25) is 5.91 Å². The fourth-order valence-electron chi connectivity index (χ4n) is 5.24. The number of piperidine rings is 1. The summed E-state index contributed by atoms with van der Waals surface area (Å²) in [5.41, 5.74) is 2.02. The van der Waals surface area contributed by atoms with Gasteiger partial charge in [-0.15, -0.1) is 0 Å². The number of hydrogen-bond donors (Lipinski definition) is 2. The topological polar surface area (TPSA) is 70.7 Å². The first kappa shape index (κ1) is 23.1. The maximum absolute atomic E-state index is 13.2. The Bertz CT molecular complexity index is 923. The summed E-state index contributed by atoms with van der Waals surface area (Å²) in [5.74, 6) is 0.743. The summed E-state index contributed by atoms with van der Waals surface area (Å²) >= 11 is 0. The highest BCUT2D eigenvalue weighted by Crippen LogP contribution is 2.39. The quantitative estimate of drug-likeness (QED) is 0.655. The molecule has 33 heavy (non-hydrogen) atoms. The maximum Gasteiger partial charge on any atom is 0.321 e. The number of para-hydroxylation sites is 1. The molecule has 6 heteroatoms. The highest BCUT2D eigenvalue weighted by atomic mass is 16.5. The molecule has 1 heterocycles. The van der Waals surface area contributed by atoms with E-state index in [0.717, 1.165) is 37.1 Å². The number of anilines is 1. The standard InChI is InChI=1S/C27H35N3O3/c1-33-24-14-12-22(13-15-24)27(16-6-3-7-17-27)20-28-25(31)21-9-8-18-30(19-21)26(32)29-23-10-4-2-5-11-23/h2,4-5,10-15,21H,3,6-9,16-20H2,1H3,(H,28,31)(H,29,32). The Labute approximate surface area is 196 Å². The second-order valence-corrected chi connectivity index (χ2v) is 9.37. The molecule has 6 nitrogen and oxygen atoms in total. The first-order chi connectivity index (χ1) is 16.1. The van der Waals surface area contributed by atoms with Crippen molar-refractivity contribution in [2.45, 2.75) is 50.4 Å². The lowest BCUT2D eigenvalue weighted by atomic mass is 9.69. The minimum absolute atomic E-state index is 0.0286. The largest absolute Gasteiger partial charge is 0.497 e. The number of methoxy groups -OCH3 is 1. The molecular weight excluding hydrogens is 414 g/mol. The Morgan fingerprint density at radius 2 is 1.73 bits per heavy atom. The molecule has 0 bridgehead atoms. The lowest BCUT2D eigenvalue weighted by Crippen LogP contribution is -2.49. The smallest absolute Gasteiger partial charge is 0.321 e. The van der Waals surface area contributed by atoms with Crippen LogP contribution in [0.5, 0.6) is 5.75 Å². The van der Waals surface area contributed by atoms with Crippen molar-refractivity contribution in [1.82, 2.24) is 10.2 Å². The van der Waals surface area contributed by atoms with E-state index in [1.54, 1.807) is 12.0 Å². The van der Waals surface area contributed by atoms with E-state index in [1.807, 2.05) is 42.5 Å². The van der Waals surface area contributed by atoms with Crippen LogP contribution >= 0.6 is 0 Å². The Balaban J connectivity index is 1.37. The molecule has 0 aromatic heterocycles. The number of amides is 3. The number of nitrogens with zero attached hydrogens (tertiary/aromatic N) is 1. The number of benzene rings is 2. The van der Waals surface area contributed by atoms with E-state index < -0.39 is 0 Å². The third kappa shape index (κ3) is 5.67. The van der Waals surface area contributed by atoms with Gasteiger partial charge in [-0.25, -0.2) is 4.79 Å². The van der Waals surface area contributed by atoms with Gasteiger partial charge in [-0.05, 0) is 55.5 Å². The summed E-state index contributed by atoms with van der Waals surface area (Å²) < 4.78 is 5.33. The van der Waals surface area contributed by atoms with Crippen LogP contribution in [-0.4, -0.2) is 43.6 Å². The molecule has 2 aromatic rings. The van der Waals surface area contributed by atoms with E-state index in [-0.39, 0.29) is 23.3 Å². The Kier molecular flexibility index (Phi) is 7.53. The highest BCUT2D eigenvalue weighted by Gasteiger charge is 2.36. The van der Waals surface area contributed by atoms with Crippen molar-refractivity contribution in [1.29, 1.82) is 0 Å². The molecule has 4 rings (SSSR count). The zero-order chi connectivity index (χ0) is 23.1. The number of carbonyl (C=O) groups excluding carboxylic acids is 2. The molecule has 0 radical (unpaired) electrons. The molecule has 1 atom stereocenters. The van der Waals surface area contributed by atoms with Gasteiger partial charge < -0.3 is 20.3 Å². The Hall–Kier alpha value is -3.02. The molecule has 176 valence electrons. The van der Waals surface area contributed by atoms with Crippen molar-refractivity contribution >= 4 is 17.6 Å². The summed E-state index contributed by atoms with van der Waals surface area (Å²) in [4.78, 5) is 27.6. The van der Waals surface area contributed by atoms with Crippen LogP contribution < -0.4 is 15.4 Å². The molecule has 2 fully saturated rings. The number of urea groups is 1. The molecule has 0 spiro atoms. The number of likely N-dealkylation sites (tertiary alicyclic amines) is 1. The van der Waals surface area contributed by atoms with Gasteiger partial charge in [0.15, 0.2) is 0 Å². The molecule has 2 aliphatic rings. The number of nitrogens with one attached hydrogen (secondary N) is 2. The zero-order valence-corrected chi connectivity index (χ0v) is 19.5. The molecule has 3 amide bonds. The van der Waals surface area contributed by atoms with Crippen molar-refractivity contribution in [2.24, 2.45) is 5.92 Å². The van der Waals surface area contributed by atoms with Crippen LogP contribution in [0, 0.1) is 5.92 Å². The average Bonchev–Trinajstić information content (AvgIpc) is 2.88. The first-order valence-electron chi connectivity index (χ1n) is 12.1. The van der Waals surface area contributed by atoms with Crippen LogP contribution in [0.3, 0.4) is 0 Å². The second kappa shape index (κ2) is 10.7. The van der Waals surface area contributed by atoms with Crippen molar-refractivity contribution in [3.05, 3.63) is 60.2 Å². The summed E-state index contributed by atoms with van der Waals surface area (Å²) in [6, 6.07) is 17.6. The van der Waals surface area contributed by atoms with E-state index >= 15 is 0 Å². The average molecular weight is 450 g/mol. The summed E-state index contributed by atoms with van der Waals surface area (Å²) in [6.07, 6.45) is 7.42. The number of rotatable bonds is 6. The summed E-state index contributed by atoms with van der Waals surface area (Å²) in [6.45, 7) is 1.78. The van der Waals surface area contributed by atoms with Crippen LogP contribution in [0.1, 0.15) is 50.5 Å². The normalized spacial score (nSPS) is 20.0. The van der Waals surface area contributed by atoms with Crippen LogP contribution in [0.15, 0.2) is 54.6 Å². The number of carbonyl (C=O) groups is 2. The van der Waals surface area contributed by atoms with Gasteiger partial charge in [0.25, 0.3) is 0 Å². The van der Waals surface area contributed by atoms with Crippen LogP contribution in [0.4, 0.5) is 10.5 Å². The maximum atomic E-state index is 13.2. The summed E-state index contributed by atoms with van der Waals surface area (Å²) in [5, 5.41) is 6.21. The Morgan fingerprint density at radius 3 is 2.42 bits per heavy atom. The molecule has 1 saturated carbocycles. The Morgan fingerprint density at radius 1 is 1.00 bits per heavy atom. The van der Waals surface area contributed by atoms with Gasteiger partial charge >= 0.3 is 6.03 Å². The second-order valence-electron chi connectivity index (χ2n) is 9.37. The predicted octanol–water partition coefficient (Wildman–Crippen LogP) is 4.96. The summed E-state index contributed by atoms with van der Waals surface area (Å²) in [7, 11) is 1.68. The molecular formula is C27H35N3O3. The van der Waals surface area contributed by atoms with Crippen molar-refractivity contribution in [3.8, 4) is 5.75 Å². The van der Waals surface area contributed by atoms with E-state index in [1.165, 1.54) is 24.8 Å².